The van der Waals surface area contributed by atoms with Crippen LogP contribution < -0.4 is 4.74 Å². The van der Waals surface area contributed by atoms with Crippen LogP contribution in [0.5, 0.6) is 17.5 Å². The highest BCUT2D eigenvalue weighted by Gasteiger charge is 2.33. The molecule has 8 nitrogen and oxygen atoms in total. The van der Waals surface area contributed by atoms with Gasteiger partial charge in [-0.25, -0.2) is 0 Å². The van der Waals surface area contributed by atoms with Crippen LogP contribution in [-0.4, -0.2) is 31.1 Å². The van der Waals surface area contributed by atoms with Crippen LogP contribution in [0.4, 0.5) is 5.69 Å². The van der Waals surface area contributed by atoms with Crippen LogP contribution in [0, 0.1) is 10.1 Å². The minimum absolute atomic E-state index is 0.0307. The lowest BCUT2D eigenvalue weighted by molar-refractivity contribution is -0.386. The molecule has 1 aromatic heterocycles. The Morgan fingerprint density at radius 1 is 1.22 bits per heavy atom. The molecule has 2 rings (SSSR count). The molecule has 8 heteroatoms. The van der Waals surface area contributed by atoms with Crippen LogP contribution in [-0.2, 0) is 11.3 Å². The van der Waals surface area contributed by atoms with Crippen molar-refractivity contribution in [3.8, 4) is 17.5 Å². The Morgan fingerprint density at radius 3 is 2.35 bits per heavy atom. The number of nitro groups is 1. The number of nitrogens with zero attached hydrogens (tertiary/aromatic N) is 2. The number of para-hydroxylation sites is 2. The van der Waals surface area contributed by atoms with Crippen molar-refractivity contribution in [2.45, 2.75) is 26.0 Å². The van der Waals surface area contributed by atoms with E-state index >= 15 is 0 Å². The summed E-state index contributed by atoms with van der Waals surface area (Å²) in [6.45, 7) is 2.59. The molecule has 0 unspecified atom stereocenters. The summed E-state index contributed by atoms with van der Waals surface area (Å²) in [5.41, 5.74) is -1.64. The van der Waals surface area contributed by atoms with Crippen LogP contribution in [0.3, 0.4) is 0 Å². The Kier molecular flexibility index (Phi) is 4.26. The third kappa shape index (κ3) is 3.42. The molecule has 0 fully saturated rings. The molecule has 2 aromatic rings. The van der Waals surface area contributed by atoms with Crippen molar-refractivity contribution < 1.29 is 24.7 Å². The third-order valence-electron chi connectivity index (χ3n) is 3.33. The summed E-state index contributed by atoms with van der Waals surface area (Å²) in [6.07, 6.45) is 0. The van der Waals surface area contributed by atoms with Crippen LogP contribution in [0.2, 0.25) is 0 Å². The molecule has 122 valence electrons. The first-order chi connectivity index (χ1) is 10.7. The minimum atomic E-state index is -1.39. The van der Waals surface area contributed by atoms with E-state index in [-0.39, 0.29) is 29.7 Å². The SMILES string of the molecule is CC(C)(Oc1ccccc1[N+](=O)[O-])C(=O)Cn1c(O)ccc1O. The average Bonchev–Trinajstić information content (AvgIpc) is 2.79. The molecular weight excluding hydrogens is 304 g/mol. The first kappa shape index (κ1) is 16.3. The molecule has 0 spiro atoms. The fraction of sp³-hybridized carbons (Fsp3) is 0.267. The van der Waals surface area contributed by atoms with E-state index in [0.717, 1.165) is 4.57 Å². The normalized spacial score (nSPS) is 11.2. The van der Waals surface area contributed by atoms with Crippen LogP contribution in [0.1, 0.15) is 13.8 Å². The molecule has 0 atom stereocenters. The summed E-state index contributed by atoms with van der Waals surface area (Å²) >= 11 is 0. The van der Waals surface area contributed by atoms with E-state index in [2.05, 4.69) is 0 Å². The van der Waals surface area contributed by atoms with Gasteiger partial charge in [-0.2, -0.15) is 0 Å². The van der Waals surface area contributed by atoms with Gasteiger partial charge in [-0.1, -0.05) is 12.1 Å². The molecule has 0 aliphatic heterocycles. The number of benzene rings is 1. The molecular formula is C15H16N2O6. The molecule has 0 amide bonds. The number of aromatic nitrogens is 1. The molecule has 2 N–H and O–H groups in total. The van der Waals surface area contributed by atoms with Crippen molar-refractivity contribution in [1.29, 1.82) is 0 Å². The standard InChI is InChI=1S/C15H16N2O6/c1-15(2,12(18)9-16-13(19)7-8-14(16)20)23-11-6-4-3-5-10(11)17(21)22/h3-8,19-20H,9H2,1-2H3. The first-order valence-corrected chi connectivity index (χ1v) is 6.75. The van der Waals surface area contributed by atoms with Gasteiger partial charge in [0.15, 0.2) is 28.9 Å². The second-order valence-electron chi connectivity index (χ2n) is 5.40. The topological polar surface area (TPSA) is 115 Å². The van der Waals surface area contributed by atoms with Gasteiger partial charge in [0.25, 0.3) is 0 Å². The van der Waals surface area contributed by atoms with Gasteiger partial charge in [0.05, 0.1) is 11.5 Å². The molecule has 0 bridgehead atoms. The van der Waals surface area contributed by atoms with Gasteiger partial charge >= 0.3 is 5.69 Å². The molecule has 0 saturated heterocycles. The summed E-state index contributed by atoms with van der Waals surface area (Å²) in [5.74, 6) is -1.04. The number of hydrogen-bond donors (Lipinski definition) is 2. The fourth-order valence-electron chi connectivity index (χ4n) is 1.97. The molecule has 23 heavy (non-hydrogen) atoms. The monoisotopic (exact) mass is 320 g/mol. The number of aromatic hydroxyl groups is 2. The number of carbonyl (C=O) groups excluding carboxylic acids is 1. The Bertz CT molecular complexity index is 731. The molecule has 1 heterocycles. The molecule has 0 aliphatic rings. The quantitative estimate of drug-likeness (QED) is 0.623. The Morgan fingerprint density at radius 2 is 1.78 bits per heavy atom. The van der Waals surface area contributed by atoms with Crippen molar-refractivity contribution in [2.75, 3.05) is 0 Å². The summed E-state index contributed by atoms with van der Waals surface area (Å²) in [7, 11) is 0. The molecule has 1 aromatic carbocycles. The summed E-state index contributed by atoms with van der Waals surface area (Å²) in [6, 6.07) is 8.23. The maximum atomic E-state index is 12.4. The number of Topliss-reactive ketones (excluding diaryl/α,β-unsaturated/α-hetero) is 1. The van der Waals surface area contributed by atoms with E-state index in [1.165, 1.54) is 44.2 Å². The Labute approximate surface area is 131 Å². The van der Waals surface area contributed by atoms with E-state index < -0.39 is 16.3 Å². The lowest BCUT2D eigenvalue weighted by Crippen LogP contribution is -2.40. The maximum Gasteiger partial charge on any atom is 0.310 e. The van der Waals surface area contributed by atoms with Crippen molar-refractivity contribution in [3.63, 3.8) is 0 Å². The van der Waals surface area contributed by atoms with Crippen molar-refractivity contribution in [1.82, 2.24) is 4.57 Å². The largest absolute Gasteiger partial charge is 0.494 e. The predicted molar refractivity (Wildman–Crippen MR) is 80.6 cm³/mol. The zero-order valence-electron chi connectivity index (χ0n) is 12.6. The zero-order valence-corrected chi connectivity index (χ0v) is 12.6. The van der Waals surface area contributed by atoms with E-state index in [1.54, 1.807) is 6.07 Å². The van der Waals surface area contributed by atoms with Gasteiger partial charge in [0, 0.05) is 18.2 Å². The number of carbonyl (C=O) groups is 1. The second-order valence-corrected chi connectivity index (χ2v) is 5.40. The highest BCUT2D eigenvalue weighted by atomic mass is 16.6. The Balaban J connectivity index is 2.22. The van der Waals surface area contributed by atoms with Gasteiger partial charge in [-0.3, -0.25) is 19.5 Å². The van der Waals surface area contributed by atoms with E-state index in [1.807, 2.05) is 0 Å². The van der Waals surface area contributed by atoms with Crippen LogP contribution in [0.15, 0.2) is 36.4 Å². The van der Waals surface area contributed by atoms with Crippen LogP contribution >= 0.6 is 0 Å². The molecule has 0 saturated carbocycles. The fourth-order valence-corrected chi connectivity index (χ4v) is 1.97. The molecule has 0 aliphatic carbocycles. The number of hydrogen-bond acceptors (Lipinski definition) is 6. The van der Waals surface area contributed by atoms with Gasteiger partial charge in [0.2, 0.25) is 0 Å². The maximum absolute atomic E-state index is 12.4. The van der Waals surface area contributed by atoms with Crippen molar-refractivity contribution in [2.24, 2.45) is 0 Å². The van der Waals surface area contributed by atoms with Gasteiger partial charge < -0.3 is 14.9 Å². The predicted octanol–water partition coefficient (Wildman–Crippen LogP) is 2.23. The minimum Gasteiger partial charge on any atom is -0.494 e. The number of nitro benzene ring substituents is 1. The number of rotatable bonds is 6. The van der Waals surface area contributed by atoms with Crippen molar-refractivity contribution >= 4 is 11.5 Å². The number of ether oxygens (including phenoxy) is 1. The highest BCUT2D eigenvalue weighted by molar-refractivity contribution is 5.87. The van der Waals surface area contributed by atoms with E-state index in [0.29, 0.717) is 0 Å². The van der Waals surface area contributed by atoms with E-state index in [9.17, 15) is 25.1 Å². The smallest absolute Gasteiger partial charge is 0.310 e. The highest BCUT2D eigenvalue weighted by Crippen LogP contribution is 2.30. The lowest BCUT2D eigenvalue weighted by Gasteiger charge is -2.25. The average molecular weight is 320 g/mol. The summed E-state index contributed by atoms with van der Waals surface area (Å²) < 4.78 is 6.52. The Hall–Kier alpha value is -3.03. The molecule has 0 radical (unpaired) electrons. The second kappa shape index (κ2) is 5.99. The van der Waals surface area contributed by atoms with Gasteiger partial charge in [-0.05, 0) is 19.9 Å². The van der Waals surface area contributed by atoms with Gasteiger partial charge in [0.1, 0.15) is 0 Å². The van der Waals surface area contributed by atoms with Crippen LogP contribution in [0.25, 0.3) is 0 Å². The first-order valence-electron chi connectivity index (χ1n) is 6.75. The summed E-state index contributed by atoms with van der Waals surface area (Å²) in [4.78, 5) is 22.8. The summed E-state index contributed by atoms with van der Waals surface area (Å²) in [5, 5.41) is 30.1. The lowest BCUT2D eigenvalue weighted by atomic mass is 10.0. The zero-order chi connectivity index (χ0) is 17.2. The van der Waals surface area contributed by atoms with Gasteiger partial charge in [-0.15, -0.1) is 0 Å². The third-order valence-corrected chi connectivity index (χ3v) is 3.33. The number of ketones is 1. The van der Waals surface area contributed by atoms with E-state index in [4.69, 9.17) is 4.74 Å². The van der Waals surface area contributed by atoms with Crippen molar-refractivity contribution in [3.05, 3.63) is 46.5 Å².